The van der Waals surface area contributed by atoms with Gasteiger partial charge in [-0.1, -0.05) is 31.0 Å². The Bertz CT molecular complexity index is 1120. The van der Waals surface area contributed by atoms with Crippen molar-refractivity contribution in [3.8, 4) is 5.75 Å². The van der Waals surface area contributed by atoms with Crippen LogP contribution in [0.15, 0.2) is 42.5 Å². The van der Waals surface area contributed by atoms with E-state index < -0.39 is 11.9 Å². The van der Waals surface area contributed by atoms with Crippen molar-refractivity contribution in [2.24, 2.45) is 0 Å². The smallest absolute Gasteiger partial charge is 0.329 e. The summed E-state index contributed by atoms with van der Waals surface area (Å²) in [4.78, 5) is 24.7. The van der Waals surface area contributed by atoms with Gasteiger partial charge in [-0.2, -0.15) is 0 Å². The van der Waals surface area contributed by atoms with Gasteiger partial charge in [0.25, 0.3) is 0 Å². The fourth-order valence-electron chi connectivity index (χ4n) is 4.74. The molecule has 0 aliphatic carbocycles. The van der Waals surface area contributed by atoms with Gasteiger partial charge in [-0.15, -0.1) is 0 Å². The number of imide groups is 1. The van der Waals surface area contributed by atoms with Crippen LogP contribution in [0.3, 0.4) is 0 Å². The molecular weight excluding hydrogens is 498 g/mol. The number of fused-ring (bicyclic) bond motifs is 1. The molecule has 9 heteroatoms. The molecule has 2 aromatic carbocycles. The summed E-state index contributed by atoms with van der Waals surface area (Å²) in [6, 6.07) is 13.2. The molecule has 2 heterocycles. The van der Waals surface area contributed by atoms with Crippen LogP contribution in [-0.4, -0.2) is 55.7 Å². The van der Waals surface area contributed by atoms with E-state index in [2.05, 4.69) is 10.6 Å². The summed E-state index contributed by atoms with van der Waals surface area (Å²) in [6.07, 6.45) is 5.53. The highest BCUT2D eigenvalue weighted by Crippen LogP contribution is 2.32. The number of amides is 3. The van der Waals surface area contributed by atoms with Crippen molar-refractivity contribution in [3.63, 3.8) is 0 Å². The predicted molar refractivity (Wildman–Crippen MR) is 149 cm³/mol. The van der Waals surface area contributed by atoms with Crippen LogP contribution in [0.4, 0.5) is 10.5 Å². The van der Waals surface area contributed by atoms with Crippen LogP contribution in [0.25, 0.3) is 0 Å². The van der Waals surface area contributed by atoms with Crippen LogP contribution in [0, 0.1) is 0 Å². The molecular formula is C30H41N3O6. The number of aliphatic hydroxyl groups excluding tert-OH is 1. The summed E-state index contributed by atoms with van der Waals surface area (Å²) in [7, 11) is 0. The summed E-state index contributed by atoms with van der Waals surface area (Å²) in [5, 5.41) is 16.2. The number of carbonyl (C=O) groups is 2. The molecule has 2 aromatic rings. The highest BCUT2D eigenvalue weighted by atomic mass is 16.7. The van der Waals surface area contributed by atoms with Crippen molar-refractivity contribution in [1.29, 1.82) is 0 Å². The van der Waals surface area contributed by atoms with Crippen LogP contribution in [0.5, 0.6) is 5.75 Å². The lowest BCUT2D eigenvalue weighted by Gasteiger charge is -2.33. The predicted octanol–water partition coefficient (Wildman–Crippen LogP) is 4.22. The van der Waals surface area contributed by atoms with E-state index >= 15 is 0 Å². The van der Waals surface area contributed by atoms with E-state index in [9.17, 15) is 14.7 Å². The first kappa shape index (κ1) is 29.0. The van der Waals surface area contributed by atoms with Crippen LogP contribution < -0.4 is 20.3 Å². The lowest BCUT2D eigenvalue weighted by atomic mass is 10.0. The van der Waals surface area contributed by atoms with Crippen LogP contribution in [-0.2, 0) is 27.3 Å². The number of ether oxygens (including phenoxy) is 3. The topological polar surface area (TPSA) is 109 Å². The van der Waals surface area contributed by atoms with E-state index in [0.29, 0.717) is 19.8 Å². The highest BCUT2D eigenvalue weighted by molar-refractivity contribution is 6.12. The van der Waals surface area contributed by atoms with Gasteiger partial charge in [0.2, 0.25) is 11.7 Å². The van der Waals surface area contributed by atoms with E-state index in [1.54, 1.807) is 0 Å². The van der Waals surface area contributed by atoms with Crippen molar-refractivity contribution in [2.75, 3.05) is 37.7 Å². The van der Waals surface area contributed by atoms with Gasteiger partial charge in [0.05, 0.1) is 12.7 Å². The summed E-state index contributed by atoms with van der Waals surface area (Å²) in [6.45, 7) is 7.18. The Hall–Kier alpha value is -2.98. The van der Waals surface area contributed by atoms with Gasteiger partial charge in [0.1, 0.15) is 12.3 Å². The third-order valence-corrected chi connectivity index (χ3v) is 6.90. The molecule has 1 saturated heterocycles. The van der Waals surface area contributed by atoms with E-state index in [1.807, 2.05) is 56.3 Å². The Kier molecular flexibility index (Phi) is 10.3. The zero-order chi connectivity index (χ0) is 27.7. The Morgan fingerprint density at radius 2 is 1.90 bits per heavy atom. The number of anilines is 1. The van der Waals surface area contributed by atoms with Crippen molar-refractivity contribution in [1.82, 2.24) is 10.6 Å². The monoisotopic (exact) mass is 539 g/mol. The zero-order valence-corrected chi connectivity index (χ0v) is 23.0. The van der Waals surface area contributed by atoms with Crippen molar-refractivity contribution >= 4 is 17.6 Å². The van der Waals surface area contributed by atoms with Crippen molar-refractivity contribution in [3.05, 3.63) is 59.2 Å². The minimum atomic E-state index is -0.616. The minimum Gasteiger partial charge on any atom is -0.463 e. The fourth-order valence-corrected chi connectivity index (χ4v) is 4.74. The first-order chi connectivity index (χ1) is 18.8. The summed E-state index contributed by atoms with van der Waals surface area (Å²) in [5.74, 6) is -0.0703. The summed E-state index contributed by atoms with van der Waals surface area (Å²) in [5.41, 5.74) is 3.70. The van der Waals surface area contributed by atoms with Gasteiger partial charge in [-0.3, -0.25) is 15.0 Å². The number of unbranched alkanes of at least 4 members (excludes halogenated alkanes) is 3. The molecule has 2 aliphatic heterocycles. The number of urea groups is 1. The van der Waals surface area contributed by atoms with Crippen LogP contribution in [0.2, 0.25) is 0 Å². The maximum atomic E-state index is 11.8. The Morgan fingerprint density at radius 3 is 2.72 bits per heavy atom. The molecule has 0 spiro atoms. The molecule has 0 saturated carbocycles. The number of aryl methyl sites for hydroxylation is 1. The molecule has 4 rings (SSSR count). The number of benzene rings is 2. The highest BCUT2D eigenvalue weighted by Gasteiger charge is 2.28. The number of rotatable bonds is 15. The second-order valence-corrected chi connectivity index (χ2v) is 10.6. The maximum absolute atomic E-state index is 11.8. The Labute approximate surface area is 230 Å². The second-order valence-electron chi connectivity index (χ2n) is 10.6. The first-order valence-corrected chi connectivity index (χ1v) is 13.9. The SMILES string of the molecule is CC1(C)OCc2cc([C@H](O)CNCCCCCCOCCCc3cccc(N4CC(=O)NC4=O)c3)ccc2O1. The van der Waals surface area contributed by atoms with Gasteiger partial charge in [0, 0.05) is 44.9 Å². The van der Waals surface area contributed by atoms with Crippen LogP contribution in [0.1, 0.15) is 68.7 Å². The van der Waals surface area contributed by atoms with Gasteiger partial charge in [-0.25, -0.2) is 4.79 Å². The molecule has 0 unspecified atom stereocenters. The molecule has 39 heavy (non-hydrogen) atoms. The maximum Gasteiger partial charge on any atom is 0.329 e. The van der Waals surface area contributed by atoms with Gasteiger partial charge >= 0.3 is 6.03 Å². The average molecular weight is 540 g/mol. The van der Waals surface area contributed by atoms with Gasteiger partial charge < -0.3 is 24.6 Å². The standard InChI is InChI=1S/C30H41N3O6/c1-30(2)38-21-24-18-23(12-13-27(24)39-30)26(34)19-31-14-5-3-4-6-15-37-16-8-10-22-9-7-11-25(17-22)33-20-28(35)32-29(33)36/h7,9,11-13,17-18,26,31,34H,3-6,8,10,14-16,19-21H2,1-2H3,(H,32,35,36)/t26-/m1/s1. The normalized spacial score (nSPS) is 17.1. The van der Waals surface area contributed by atoms with E-state index in [-0.39, 0.29) is 18.5 Å². The molecule has 2 aliphatic rings. The fraction of sp³-hybridized carbons (Fsp3) is 0.533. The molecule has 0 bridgehead atoms. The third-order valence-electron chi connectivity index (χ3n) is 6.90. The molecule has 1 atom stereocenters. The number of carbonyl (C=O) groups excluding carboxylic acids is 2. The summed E-state index contributed by atoms with van der Waals surface area (Å²) < 4.78 is 17.3. The average Bonchev–Trinajstić information content (AvgIpc) is 3.26. The lowest BCUT2D eigenvalue weighted by molar-refractivity contribution is -0.180. The molecule has 1 fully saturated rings. The number of hydrogen-bond acceptors (Lipinski definition) is 7. The van der Waals surface area contributed by atoms with Gasteiger partial charge in [0.15, 0.2) is 0 Å². The molecule has 9 nitrogen and oxygen atoms in total. The molecule has 3 amide bonds. The lowest BCUT2D eigenvalue weighted by Crippen LogP contribution is -2.35. The zero-order valence-electron chi connectivity index (χ0n) is 23.0. The second kappa shape index (κ2) is 13.9. The summed E-state index contributed by atoms with van der Waals surface area (Å²) >= 11 is 0. The van der Waals surface area contributed by atoms with E-state index in [0.717, 1.165) is 79.8 Å². The van der Waals surface area contributed by atoms with Crippen molar-refractivity contribution < 1.29 is 28.9 Å². The van der Waals surface area contributed by atoms with E-state index in [1.165, 1.54) is 4.90 Å². The first-order valence-electron chi connectivity index (χ1n) is 13.9. The molecule has 212 valence electrons. The minimum absolute atomic E-state index is 0.0732. The Morgan fingerprint density at radius 1 is 1.08 bits per heavy atom. The van der Waals surface area contributed by atoms with Crippen molar-refractivity contribution in [2.45, 2.75) is 70.9 Å². The molecule has 3 N–H and O–H groups in total. The van der Waals surface area contributed by atoms with Gasteiger partial charge in [-0.05, 0) is 67.6 Å². The third kappa shape index (κ3) is 8.76. The quantitative estimate of drug-likeness (QED) is 0.230. The number of hydrogen-bond donors (Lipinski definition) is 3. The van der Waals surface area contributed by atoms with Crippen LogP contribution >= 0.6 is 0 Å². The molecule has 0 aromatic heterocycles. The van der Waals surface area contributed by atoms with E-state index in [4.69, 9.17) is 14.2 Å². The number of nitrogens with one attached hydrogen (secondary N) is 2. The largest absolute Gasteiger partial charge is 0.463 e. The molecule has 0 radical (unpaired) electrons. The Balaban J connectivity index is 0.998. The number of aliphatic hydroxyl groups is 1. The number of nitrogens with zero attached hydrogens (tertiary/aromatic N) is 1.